The Balaban J connectivity index is 1.42. The first-order valence-corrected chi connectivity index (χ1v) is 11.9. The highest BCUT2D eigenvalue weighted by molar-refractivity contribution is 7.91. The fraction of sp³-hybridized carbons (Fsp3) is 0.478. The molecule has 0 atom stereocenters. The Labute approximate surface area is 175 Å². The second-order valence-corrected chi connectivity index (χ2v) is 10.1. The molecule has 0 aromatic heterocycles. The molecule has 158 valence electrons. The van der Waals surface area contributed by atoms with Crippen LogP contribution in [-0.4, -0.2) is 64.3 Å². The minimum Gasteiger partial charge on any atom is -0.497 e. The Morgan fingerprint density at radius 1 is 1.07 bits per heavy atom. The van der Waals surface area contributed by atoms with Crippen LogP contribution < -0.4 is 4.74 Å². The molecule has 0 spiro atoms. The summed E-state index contributed by atoms with van der Waals surface area (Å²) in [5.41, 5.74) is 1.34. The van der Waals surface area contributed by atoms with Crippen molar-refractivity contribution in [2.75, 3.05) is 46.1 Å². The first-order chi connectivity index (χ1) is 14.0. The number of sulfone groups is 1. The van der Waals surface area contributed by atoms with Crippen molar-refractivity contribution in [3.05, 3.63) is 60.2 Å². The van der Waals surface area contributed by atoms with Crippen molar-refractivity contribution in [2.24, 2.45) is 5.92 Å². The third-order valence-corrected chi connectivity index (χ3v) is 7.34. The van der Waals surface area contributed by atoms with E-state index in [1.165, 1.54) is 5.56 Å². The smallest absolute Gasteiger partial charge is 0.179 e. The number of methoxy groups -OCH3 is 1. The number of rotatable bonds is 9. The summed E-state index contributed by atoms with van der Waals surface area (Å²) in [6, 6.07) is 17.3. The molecule has 29 heavy (non-hydrogen) atoms. The van der Waals surface area contributed by atoms with Crippen molar-refractivity contribution < 1.29 is 13.2 Å². The molecule has 3 rings (SSSR count). The molecule has 2 aromatic carbocycles. The second-order valence-electron chi connectivity index (χ2n) is 7.97. The highest BCUT2D eigenvalue weighted by Gasteiger charge is 2.23. The van der Waals surface area contributed by atoms with Gasteiger partial charge in [-0.3, -0.25) is 0 Å². The molecule has 1 saturated heterocycles. The highest BCUT2D eigenvalue weighted by Crippen LogP contribution is 2.21. The SMILES string of the molecule is COc1cccc(S(=O)(=O)CCN2CCC(CN(C)Cc3ccccc3)CC2)c1. The van der Waals surface area contributed by atoms with E-state index in [-0.39, 0.29) is 5.75 Å². The first kappa shape index (κ1) is 21.8. The lowest BCUT2D eigenvalue weighted by Gasteiger charge is -2.33. The number of ether oxygens (including phenoxy) is 1. The van der Waals surface area contributed by atoms with E-state index in [0.717, 1.165) is 39.0 Å². The number of hydrogen-bond donors (Lipinski definition) is 0. The van der Waals surface area contributed by atoms with Gasteiger partial charge in [0.15, 0.2) is 9.84 Å². The highest BCUT2D eigenvalue weighted by atomic mass is 32.2. The molecule has 1 aliphatic rings. The quantitative estimate of drug-likeness (QED) is 0.628. The Hall–Kier alpha value is -1.89. The largest absolute Gasteiger partial charge is 0.497 e. The predicted molar refractivity (Wildman–Crippen MR) is 117 cm³/mol. The zero-order valence-electron chi connectivity index (χ0n) is 17.5. The molecule has 0 radical (unpaired) electrons. The fourth-order valence-corrected chi connectivity index (χ4v) is 5.27. The maximum absolute atomic E-state index is 12.6. The summed E-state index contributed by atoms with van der Waals surface area (Å²) in [7, 11) is 0.440. The monoisotopic (exact) mass is 416 g/mol. The topological polar surface area (TPSA) is 49.9 Å². The van der Waals surface area contributed by atoms with Crippen LogP contribution in [0.2, 0.25) is 0 Å². The minimum atomic E-state index is -3.29. The average molecular weight is 417 g/mol. The third-order valence-electron chi connectivity index (χ3n) is 5.65. The summed E-state index contributed by atoms with van der Waals surface area (Å²) < 4.78 is 30.4. The van der Waals surface area contributed by atoms with Crippen LogP contribution in [-0.2, 0) is 16.4 Å². The molecule has 5 nitrogen and oxygen atoms in total. The van der Waals surface area contributed by atoms with Crippen molar-refractivity contribution in [3.8, 4) is 5.75 Å². The summed E-state index contributed by atoms with van der Waals surface area (Å²) in [6.07, 6.45) is 2.25. The molecule has 0 unspecified atom stereocenters. The van der Waals surface area contributed by atoms with Gasteiger partial charge in [-0.1, -0.05) is 36.4 Å². The van der Waals surface area contributed by atoms with Crippen molar-refractivity contribution in [1.82, 2.24) is 9.80 Å². The van der Waals surface area contributed by atoms with Crippen LogP contribution in [0.3, 0.4) is 0 Å². The molecule has 1 fully saturated rings. The van der Waals surface area contributed by atoms with E-state index in [9.17, 15) is 8.42 Å². The molecule has 2 aromatic rings. The van der Waals surface area contributed by atoms with E-state index in [0.29, 0.717) is 23.1 Å². The van der Waals surface area contributed by atoms with Crippen molar-refractivity contribution in [2.45, 2.75) is 24.3 Å². The number of likely N-dealkylation sites (tertiary alicyclic amines) is 1. The summed E-state index contributed by atoms with van der Waals surface area (Å²) in [6.45, 7) is 4.59. The van der Waals surface area contributed by atoms with E-state index in [1.54, 1.807) is 31.4 Å². The molecular weight excluding hydrogens is 384 g/mol. The molecule has 0 bridgehead atoms. The maximum atomic E-state index is 12.6. The van der Waals surface area contributed by atoms with Crippen LogP contribution in [0.1, 0.15) is 18.4 Å². The Morgan fingerprint density at radius 3 is 2.48 bits per heavy atom. The first-order valence-electron chi connectivity index (χ1n) is 10.3. The molecule has 0 saturated carbocycles. The van der Waals surface area contributed by atoms with Gasteiger partial charge in [0, 0.05) is 19.6 Å². The molecule has 0 amide bonds. The van der Waals surface area contributed by atoms with Crippen LogP contribution in [0.25, 0.3) is 0 Å². The second kappa shape index (κ2) is 10.2. The predicted octanol–water partition coefficient (Wildman–Crippen LogP) is 3.31. The minimum absolute atomic E-state index is 0.152. The zero-order chi connectivity index (χ0) is 20.7. The van der Waals surface area contributed by atoms with E-state index >= 15 is 0 Å². The van der Waals surface area contributed by atoms with Crippen LogP contribution in [0.15, 0.2) is 59.5 Å². The van der Waals surface area contributed by atoms with E-state index in [2.05, 4.69) is 41.1 Å². The number of nitrogens with zero attached hydrogens (tertiary/aromatic N) is 2. The van der Waals surface area contributed by atoms with Crippen LogP contribution in [0.4, 0.5) is 0 Å². The maximum Gasteiger partial charge on any atom is 0.179 e. The van der Waals surface area contributed by atoms with E-state index in [4.69, 9.17) is 4.74 Å². The van der Waals surface area contributed by atoms with E-state index in [1.807, 2.05) is 6.07 Å². The van der Waals surface area contributed by atoms with Crippen LogP contribution in [0.5, 0.6) is 5.75 Å². The van der Waals surface area contributed by atoms with Gasteiger partial charge in [0.2, 0.25) is 0 Å². The molecule has 1 aliphatic heterocycles. The summed E-state index contributed by atoms with van der Waals surface area (Å²) in [5, 5.41) is 0. The Kier molecular flexibility index (Phi) is 7.70. The van der Waals surface area contributed by atoms with Crippen molar-refractivity contribution in [1.29, 1.82) is 0 Å². The van der Waals surface area contributed by atoms with Crippen LogP contribution >= 0.6 is 0 Å². The lowest BCUT2D eigenvalue weighted by Crippen LogP contribution is -2.39. The lowest BCUT2D eigenvalue weighted by molar-refractivity contribution is 0.158. The van der Waals surface area contributed by atoms with Crippen molar-refractivity contribution in [3.63, 3.8) is 0 Å². The van der Waals surface area contributed by atoms with Crippen molar-refractivity contribution >= 4 is 9.84 Å². The van der Waals surface area contributed by atoms with Gasteiger partial charge in [0.1, 0.15) is 5.75 Å². The van der Waals surface area contributed by atoms with Crippen LogP contribution in [0, 0.1) is 5.92 Å². The van der Waals surface area contributed by atoms with Gasteiger partial charge >= 0.3 is 0 Å². The lowest BCUT2D eigenvalue weighted by atomic mass is 9.96. The Morgan fingerprint density at radius 2 is 1.79 bits per heavy atom. The normalized spacial score (nSPS) is 16.2. The number of benzene rings is 2. The number of piperidine rings is 1. The van der Waals surface area contributed by atoms with Gasteiger partial charge in [-0.05, 0) is 62.7 Å². The summed E-state index contributed by atoms with van der Waals surface area (Å²) in [4.78, 5) is 5.02. The zero-order valence-corrected chi connectivity index (χ0v) is 18.3. The summed E-state index contributed by atoms with van der Waals surface area (Å²) in [5.74, 6) is 1.40. The fourth-order valence-electron chi connectivity index (χ4n) is 3.95. The number of hydrogen-bond acceptors (Lipinski definition) is 5. The standard InChI is InChI=1S/C23H32N2O3S/c1-24(18-20-7-4-3-5-8-20)19-21-11-13-25(14-12-21)15-16-29(26,27)23-10-6-9-22(17-23)28-2/h3-10,17,21H,11-16,18-19H2,1-2H3. The van der Waals surface area contributed by atoms with E-state index < -0.39 is 9.84 Å². The molecule has 0 aliphatic carbocycles. The van der Waals surface area contributed by atoms with Gasteiger partial charge in [-0.25, -0.2) is 8.42 Å². The van der Waals surface area contributed by atoms with Gasteiger partial charge in [0.05, 0.1) is 17.8 Å². The summed E-state index contributed by atoms with van der Waals surface area (Å²) >= 11 is 0. The van der Waals surface area contributed by atoms with Gasteiger partial charge in [-0.2, -0.15) is 0 Å². The molecule has 6 heteroatoms. The molecule has 1 heterocycles. The van der Waals surface area contributed by atoms with Gasteiger partial charge < -0.3 is 14.5 Å². The molecular formula is C23H32N2O3S. The van der Waals surface area contributed by atoms with Gasteiger partial charge in [-0.15, -0.1) is 0 Å². The average Bonchev–Trinajstić information content (AvgIpc) is 2.74. The van der Waals surface area contributed by atoms with Gasteiger partial charge in [0.25, 0.3) is 0 Å². The molecule has 0 N–H and O–H groups in total. The Bertz CT molecular complexity index is 863. The third kappa shape index (κ3) is 6.56.